The minimum atomic E-state index is -0.318. The van der Waals surface area contributed by atoms with Gasteiger partial charge in [0.05, 0.1) is 17.3 Å². The van der Waals surface area contributed by atoms with Crippen molar-refractivity contribution < 1.29 is 13.9 Å². The summed E-state index contributed by atoms with van der Waals surface area (Å²) in [5, 5.41) is 7.33. The van der Waals surface area contributed by atoms with E-state index < -0.39 is 0 Å². The molecule has 1 N–H and O–H groups in total. The maximum absolute atomic E-state index is 13.2. The Hall–Kier alpha value is -3.15. The second-order valence-corrected chi connectivity index (χ2v) is 6.37. The van der Waals surface area contributed by atoms with Gasteiger partial charge in [0, 0.05) is 6.07 Å². The van der Waals surface area contributed by atoms with Gasteiger partial charge in [-0.25, -0.2) is 9.07 Å². The molecule has 2 heterocycles. The number of fused-ring (bicyclic) bond motifs is 1. The van der Waals surface area contributed by atoms with Crippen molar-refractivity contribution in [1.82, 2.24) is 9.78 Å². The summed E-state index contributed by atoms with van der Waals surface area (Å²) in [7, 11) is 0. The first-order chi connectivity index (χ1) is 12.6. The molecular formula is C20H18FN3O2. The molecule has 0 spiro atoms. The number of amides is 1. The van der Waals surface area contributed by atoms with Gasteiger partial charge in [0.15, 0.2) is 0 Å². The van der Waals surface area contributed by atoms with Gasteiger partial charge in [-0.1, -0.05) is 18.2 Å². The number of ether oxygens (including phenoxy) is 1. The monoisotopic (exact) mass is 351 g/mol. The average molecular weight is 351 g/mol. The Labute approximate surface area is 150 Å². The molecule has 26 heavy (non-hydrogen) atoms. The molecule has 0 fully saturated rings. The lowest BCUT2D eigenvalue weighted by Gasteiger charge is -2.24. The minimum Gasteiger partial charge on any atom is -0.492 e. The highest BCUT2D eigenvalue weighted by atomic mass is 19.1. The fourth-order valence-corrected chi connectivity index (χ4v) is 3.09. The van der Waals surface area contributed by atoms with E-state index in [1.165, 1.54) is 12.1 Å². The molecule has 132 valence electrons. The highest BCUT2D eigenvalue weighted by Crippen LogP contribution is 2.28. The Morgan fingerprint density at radius 1 is 1.23 bits per heavy atom. The summed E-state index contributed by atoms with van der Waals surface area (Å²) in [6, 6.07) is 15.5. The summed E-state index contributed by atoms with van der Waals surface area (Å²) in [4.78, 5) is 12.7. The molecule has 2 aromatic carbocycles. The Kier molecular flexibility index (Phi) is 4.16. The lowest BCUT2D eigenvalue weighted by atomic mass is 9.96. The molecule has 0 saturated heterocycles. The number of rotatable bonds is 3. The molecule has 4 rings (SSSR count). The van der Waals surface area contributed by atoms with Crippen molar-refractivity contribution in [1.29, 1.82) is 0 Å². The molecule has 0 radical (unpaired) electrons. The first-order valence-corrected chi connectivity index (χ1v) is 8.44. The van der Waals surface area contributed by atoms with Crippen molar-refractivity contribution in [2.24, 2.45) is 5.92 Å². The van der Waals surface area contributed by atoms with Crippen LogP contribution in [0.1, 0.15) is 11.3 Å². The van der Waals surface area contributed by atoms with Crippen molar-refractivity contribution >= 4 is 11.7 Å². The van der Waals surface area contributed by atoms with Crippen LogP contribution in [0.3, 0.4) is 0 Å². The number of aryl methyl sites for hydroxylation is 1. The number of hydrogen-bond donors (Lipinski definition) is 1. The van der Waals surface area contributed by atoms with E-state index in [0.717, 1.165) is 17.0 Å². The lowest BCUT2D eigenvalue weighted by molar-refractivity contribution is -0.121. The number of anilines is 1. The zero-order chi connectivity index (χ0) is 18.1. The van der Waals surface area contributed by atoms with Crippen molar-refractivity contribution in [2.75, 3.05) is 11.9 Å². The third-order valence-electron chi connectivity index (χ3n) is 4.40. The van der Waals surface area contributed by atoms with Crippen LogP contribution in [-0.4, -0.2) is 22.3 Å². The third-order valence-corrected chi connectivity index (χ3v) is 4.40. The van der Waals surface area contributed by atoms with Crippen LogP contribution in [0.4, 0.5) is 10.2 Å². The summed E-state index contributed by atoms with van der Waals surface area (Å²) >= 11 is 0. The molecule has 0 aliphatic carbocycles. The van der Waals surface area contributed by atoms with Crippen molar-refractivity contribution in [2.45, 2.75) is 13.3 Å². The van der Waals surface area contributed by atoms with E-state index in [1.54, 1.807) is 22.9 Å². The Morgan fingerprint density at radius 3 is 2.81 bits per heavy atom. The van der Waals surface area contributed by atoms with Gasteiger partial charge in [-0.15, -0.1) is 0 Å². The number of carbonyl (C=O) groups is 1. The van der Waals surface area contributed by atoms with Crippen LogP contribution in [-0.2, 0) is 11.2 Å². The number of aromatic nitrogens is 2. The molecule has 1 aliphatic heterocycles. The van der Waals surface area contributed by atoms with Crippen LogP contribution in [0.25, 0.3) is 5.69 Å². The fraction of sp³-hybridized carbons (Fsp3) is 0.200. The van der Waals surface area contributed by atoms with E-state index in [0.29, 0.717) is 24.5 Å². The zero-order valence-electron chi connectivity index (χ0n) is 14.3. The molecule has 1 amide bonds. The van der Waals surface area contributed by atoms with E-state index >= 15 is 0 Å². The van der Waals surface area contributed by atoms with Crippen LogP contribution in [0.15, 0.2) is 54.6 Å². The van der Waals surface area contributed by atoms with Crippen molar-refractivity contribution in [3.05, 3.63) is 71.7 Å². The Balaban J connectivity index is 1.54. The summed E-state index contributed by atoms with van der Waals surface area (Å²) in [6.45, 7) is 2.18. The van der Waals surface area contributed by atoms with Crippen molar-refractivity contribution in [3.8, 4) is 11.4 Å². The summed E-state index contributed by atoms with van der Waals surface area (Å²) in [5.74, 6) is 0.674. The van der Waals surface area contributed by atoms with E-state index in [1.807, 2.05) is 31.2 Å². The average Bonchev–Trinajstić information content (AvgIpc) is 3.02. The Bertz CT molecular complexity index is 950. The predicted molar refractivity (Wildman–Crippen MR) is 96.0 cm³/mol. The molecule has 0 saturated carbocycles. The van der Waals surface area contributed by atoms with Gasteiger partial charge in [0.2, 0.25) is 5.91 Å². The molecule has 3 aromatic rings. The van der Waals surface area contributed by atoms with Gasteiger partial charge in [0.1, 0.15) is 24.0 Å². The van der Waals surface area contributed by atoms with Crippen LogP contribution < -0.4 is 10.1 Å². The Morgan fingerprint density at radius 2 is 2.00 bits per heavy atom. The molecule has 5 nitrogen and oxygen atoms in total. The van der Waals surface area contributed by atoms with Gasteiger partial charge in [0.25, 0.3) is 0 Å². The maximum Gasteiger partial charge on any atom is 0.232 e. The summed E-state index contributed by atoms with van der Waals surface area (Å²) < 4.78 is 20.5. The molecule has 1 aromatic heterocycles. The standard InChI is InChI=1S/C20H18FN3O2/c1-13-10-19(24(23-13)17-8-6-16(21)7-9-17)22-20(25)15-11-14-4-2-3-5-18(14)26-12-15/h2-10,15H,11-12H2,1H3,(H,22,25). The predicted octanol–water partition coefficient (Wildman–Crippen LogP) is 3.51. The molecule has 1 aliphatic rings. The second kappa shape index (κ2) is 6.63. The highest BCUT2D eigenvalue weighted by molar-refractivity contribution is 5.92. The lowest BCUT2D eigenvalue weighted by Crippen LogP contribution is -2.33. The maximum atomic E-state index is 13.2. The first kappa shape index (κ1) is 16.3. The number of carbonyl (C=O) groups excluding carboxylic acids is 1. The SMILES string of the molecule is Cc1cc(NC(=O)C2COc3ccccc3C2)n(-c2ccc(F)cc2)n1. The molecule has 0 bridgehead atoms. The van der Waals surface area contributed by atoms with Gasteiger partial charge >= 0.3 is 0 Å². The number of nitrogens with zero attached hydrogens (tertiary/aromatic N) is 2. The number of nitrogens with one attached hydrogen (secondary N) is 1. The normalized spacial score (nSPS) is 15.8. The van der Waals surface area contributed by atoms with Gasteiger partial charge in [-0.3, -0.25) is 4.79 Å². The number of halogens is 1. The summed E-state index contributed by atoms with van der Waals surface area (Å²) in [5.41, 5.74) is 2.47. The topological polar surface area (TPSA) is 56.1 Å². The number of hydrogen-bond acceptors (Lipinski definition) is 3. The zero-order valence-corrected chi connectivity index (χ0v) is 14.3. The van der Waals surface area contributed by atoms with Crippen LogP contribution in [0, 0.1) is 18.7 Å². The van der Waals surface area contributed by atoms with Crippen molar-refractivity contribution in [3.63, 3.8) is 0 Å². The largest absolute Gasteiger partial charge is 0.492 e. The van der Waals surface area contributed by atoms with Gasteiger partial charge < -0.3 is 10.1 Å². The molecule has 6 heteroatoms. The molecular weight excluding hydrogens is 333 g/mol. The molecule has 1 unspecified atom stereocenters. The smallest absolute Gasteiger partial charge is 0.232 e. The minimum absolute atomic E-state index is 0.122. The van der Waals surface area contributed by atoms with Crippen LogP contribution in [0.5, 0.6) is 5.75 Å². The van der Waals surface area contributed by atoms with Gasteiger partial charge in [-0.2, -0.15) is 5.10 Å². The van der Waals surface area contributed by atoms with E-state index in [2.05, 4.69) is 10.4 Å². The van der Waals surface area contributed by atoms with Crippen LogP contribution >= 0.6 is 0 Å². The van der Waals surface area contributed by atoms with Gasteiger partial charge in [-0.05, 0) is 49.2 Å². The second-order valence-electron chi connectivity index (χ2n) is 6.37. The van der Waals surface area contributed by atoms with Crippen LogP contribution in [0.2, 0.25) is 0 Å². The third kappa shape index (κ3) is 3.18. The number of benzene rings is 2. The highest BCUT2D eigenvalue weighted by Gasteiger charge is 2.26. The molecule has 1 atom stereocenters. The summed E-state index contributed by atoms with van der Waals surface area (Å²) in [6.07, 6.45) is 0.631. The number of para-hydroxylation sites is 1. The fourth-order valence-electron chi connectivity index (χ4n) is 3.09. The first-order valence-electron chi connectivity index (χ1n) is 8.44. The van der Waals surface area contributed by atoms with E-state index in [4.69, 9.17) is 4.74 Å². The van der Waals surface area contributed by atoms with E-state index in [9.17, 15) is 9.18 Å². The van der Waals surface area contributed by atoms with E-state index in [-0.39, 0.29) is 17.6 Å². The quantitative estimate of drug-likeness (QED) is 0.786.